The van der Waals surface area contributed by atoms with Crippen molar-refractivity contribution in [3.8, 4) is 0 Å². The maximum absolute atomic E-state index is 11.7. The van der Waals surface area contributed by atoms with Crippen LogP contribution in [0.15, 0.2) is 36.4 Å². The molecule has 0 radical (unpaired) electrons. The molecule has 0 saturated heterocycles. The molecule has 0 atom stereocenters. The molecule has 0 heterocycles. The summed E-state index contributed by atoms with van der Waals surface area (Å²) in [6.07, 6.45) is 22.4. The molecular weight excluding hydrogens is 394 g/mol. The molecule has 0 spiro atoms. The standard InChI is InChI=1S/C29H44O2.H3N/c1-2-3-4-5-6-7-8-9-10-11-12-13-14-15-16-17-21-26-24-23-25-20-18-19-22-27(25)28(26)29(30)31;/h18-20,22-24H,2-17,21H2,1H3,(H,30,31);1H3. The second kappa shape index (κ2) is 17.7. The lowest BCUT2D eigenvalue weighted by molar-refractivity contribution is -0.254. The van der Waals surface area contributed by atoms with E-state index in [0.717, 1.165) is 29.2 Å². The molecule has 3 heteroatoms. The van der Waals surface area contributed by atoms with Crippen LogP contribution in [0.3, 0.4) is 0 Å². The fourth-order valence-corrected chi connectivity index (χ4v) is 4.63. The Balaban J connectivity index is 0.00000512. The van der Waals surface area contributed by atoms with Crippen LogP contribution in [0.25, 0.3) is 10.8 Å². The Morgan fingerprint density at radius 2 is 1.12 bits per heavy atom. The number of fused-ring (bicyclic) bond motifs is 1. The van der Waals surface area contributed by atoms with Crippen LogP contribution in [0, 0.1) is 0 Å². The van der Waals surface area contributed by atoms with Crippen LogP contribution in [-0.2, 0) is 6.42 Å². The lowest BCUT2D eigenvalue weighted by atomic mass is 9.95. The van der Waals surface area contributed by atoms with Crippen molar-refractivity contribution in [2.24, 2.45) is 0 Å². The van der Waals surface area contributed by atoms with Crippen LogP contribution in [0.2, 0.25) is 0 Å². The van der Waals surface area contributed by atoms with Gasteiger partial charge in [0, 0.05) is 5.56 Å². The summed E-state index contributed by atoms with van der Waals surface area (Å²) in [5.41, 5.74) is 1.31. The van der Waals surface area contributed by atoms with Crippen molar-refractivity contribution in [3.63, 3.8) is 0 Å². The summed E-state index contributed by atoms with van der Waals surface area (Å²) in [5, 5.41) is 13.5. The third kappa shape index (κ3) is 10.6. The molecule has 0 aliphatic carbocycles. The zero-order chi connectivity index (χ0) is 22.2. The normalized spacial score (nSPS) is 10.9. The molecule has 0 aliphatic rings. The number of unbranched alkanes of at least 4 members (excludes halogenated alkanes) is 15. The summed E-state index contributed by atoms with van der Waals surface area (Å²) in [7, 11) is 0. The molecule has 180 valence electrons. The highest BCUT2D eigenvalue weighted by atomic mass is 16.4. The van der Waals surface area contributed by atoms with E-state index in [1.54, 1.807) is 0 Å². The number of aryl methyl sites for hydroxylation is 1. The average molecular weight is 442 g/mol. The number of benzene rings is 2. The lowest BCUT2D eigenvalue weighted by Crippen LogP contribution is -2.24. The van der Waals surface area contributed by atoms with E-state index in [-0.39, 0.29) is 6.15 Å². The summed E-state index contributed by atoms with van der Waals surface area (Å²) in [6.45, 7) is 2.28. The van der Waals surface area contributed by atoms with E-state index in [1.165, 1.54) is 96.3 Å². The Labute approximate surface area is 196 Å². The molecule has 0 unspecified atom stereocenters. The Hall–Kier alpha value is -1.87. The Bertz CT molecular complexity index is 756. The zero-order valence-electron chi connectivity index (χ0n) is 20.8. The fraction of sp³-hybridized carbons (Fsp3) is 0.621. The molecule has 0 amide bonds. The molecule has 2 aromatic rings. The van der Waals surface area contributed by atoms with Gasteiger partial charge in [0.05, 0.1) is 5.97 Å². The van der Waals surface area contributed by atoms with Crippen LogP contribution >= 0.6 is 0 Å². The third-order valence-corrected chi connectivity index (χ3v) is 6.52. The quantitative estimate of drug-likeness (QED) is 0.236. The van der Waals surface area contributed by atoms with E-state index < -0.39 is 5.97 Å². The van der Waals surface area contributed by atoms with Crippen molar-refractivity contribution in [3.05, 3.63) is 47.5 Å². The topological polar surface area (TPSA) is 76.6 Å². The number of carboxylic acids is 1. The third-order valence-electron chi connectivity index (χ3n) is 6.52. The van der Waals surface area contributed by atoms with Crippen molar-refractivity contribution >= 4 is 16.7 Å². The smallest absolute Gasteiger partial charge is 0.0724 e. The fourth-order valence-electron chi connectivity index (χ4n) is 4.63. The van der Waals surface area contributed by atoms with Crippen molar-refractivity contribution in [2.45, 2.75) is 116 Å². The van der Waals surface area contributed by atoms with Gasteiger partial charge in [0.25, 0.3) is 0 Å². The molecule has 0 bridgehead atoms. The second-order valence-corrected chi connectivity index (χ2v) is 9.16. The van der Waals surface area contributed by atoms with Gasteiger partial charge in [-0.1, -0.05) is 140 Å². The number of quaternary nitrogens is 1. The first-order valence-corrected chi connectivity index (χ1v) is 13.0. The number of hydrogen-bond donors (Lipinski definition) is 1. The van der Waals surface area contributed by atoms with Crippen LogP contribution in [0.4, 0.5) is 0 Å². The number of carboxylic acid groups (broad SMARTS) is 1. The summed E-state index contributed by atoms with van der Waals surface area (Å²) in [4.78, 5) is 11.7. The van der Waals surface area contributed by atoms with Crippen molar-refractivity contribution in [1.29, 1.82) is 0 Å². The number of aromatic carboxylic acids is 1. The van der Waals surface area contributed by atoms with Gasteiger partial charge in [0.1, 0.15) is 0 Å². The average Bonchev–Trinajstić information content (AvgIpc) is 2.78. The minimum Gasteiger partial charge on any atom is -0.545 e. The van der Waals surface area contributed by atoms with Gasteiger partial charge in [0.15, 0.2) is 0 Å². The van der Waals surface area contributed by atoms with Crippen LogP contribution < -0.4 is 11.3 Å². The lowest BCUT2D eigenvalue weighted by Gasteiger charge is -2.14. The van der Waals surface area contributed by atoms with Gasteiger partial charge in [-0.2, -0.15) is 0 Å². The van der Waals surface area contributed by atoms with Gasteiger partial charge in [0.2, 0.25) is 0 Å². The highest BCUT2D eigenvalue weighted by molar-refractivity contribution is 6.04. The SMILES string of the molecule is CCCCCCCCCCCCCCCCCCc1ccc2ccccc2c1C(=O)[O-].[NH4+]. The minimum atomic E-state index is -1.05. The van der Waals surface area contributed by atoms with Crippen LogP contribution in [-0.4, -0.2) is 5.97 Å². The summed E-state index contributed by atoms with van der Waals surface area (Å²) >= 11 is 0. The first-order chi connectivity index (χ1) is 15.2. The van der Waals surface area contributed by atoms with E-state index in [1.807, 2.05) is 36.4 Å². The molecule has 0 aromatic heterocycles. The van der Waals surface area contributed by atoms with Crippen molar-refractivity contribution in [2.75, 3.05) is 0 Å². The molecule has 32 heavy (non-hydrogen) atoms. The Morgan fingerprint density at radius 1 is 0.656 bits per heavy atom. The van der Waals surface area contributed by atoms with Crippen molar-refractivity contribution < 1.29 is 9.90 Å². The van der Waals surface area contributed by atoms with Gasteiger partial charge in [-0.25, -0.2) is 0 Å². The van der Waals surface area contributed by atoms with E-state index in [4.69, 9.17) is 0 Å². The molecule has 3 nitrogen and oxygen atoms in total. The van der Waals surface area contributed by atoms with E-state index in [0.29, 0.717) is 5.56 Å². The predicted octanol–water partition coefficient (Wildman–Crippen LogP) is 8.38. The van der Waals surface area contributed by atoms with Crippen LogP contribution in [0.1, 0.15) is 126 Å². The number of hydrogen-bond acceptors (Lipinski definition) is 2. The van der Waals surface area contributed by atoms with E-state index in [2.05, 4.69) is 6.92 Å². The van der Waals surface area contributed by atoms with Gasteiger partial charge in [-0.15, -0.1) is 0 Å². The van der Waals surface area contributed by atoms with Crippen LogP contribution in [0.5, 0.6) is 0 Å². The van der Waals surface area contributed by atoms with E-state index >= 15 is 0 Å². The molecule has 2 aromatic carbocycles. The highest BCUT2D eigenvalue weighted by Gasteiger charge is 2.08. The maximum Gasteiger partial charge on any atom is 0.0724 e. The largest absolute Gasteiger partial charge is 0.545 e. The zero-order valence-corrected chi connectivity index (χ0v) is 20.8. The van der Waals surface area contributed by atoms with Gasteiger partial charge in [-0.3, -0.25) is 0 Å². The molecule has 0 fully saturated rings. The molecular formula is C29H47NO2. The molecule has 0 saturated carbocycles. The Kier molecular flexibility index (Phi) is 15.5. The van der Waals surface area contributed by atoms with Gasteiger partial charge >= 0.3 is 0 Å². The number of carbonyl (C=O) groups is 1. The number of rotatable bonds is 18. The molecule has 0 aliphatic heterocycles. The maximum atomic E-state index is 11.7. The first kappa shape index (κ1) is 28.2. The summed E-state index contributed by atoms with van der Waals surface area (Å²) in [6, 6.07) is 11.7. The number of carbonyl (C=O) groups excluding carboxylic acids is 1. The minimum absolute atomic E-state index is 0. The van der Waals surface area contributed by atoms with Gasteiger partial charge < -0.3 is 16.1 Å². The Morgan fingerprint density at radius 3 is 1.62 bits per heavy atom. The molecule has 4 N–H and O–H groups in total. The van der Waals surface area contributed by atoms with Crippen molar-refractivity contribution in [1.82, 2.24) is 6.15 Å². The predicted molar refractivity (Wildman–Crippen MR) is 138 cm³/mol. The monoisotopic (exact) mass is 441 g/mol. The second-order valence-electron chi connectivity index (χ2n) is 9.16. The summed E-state index contributed by atoms with van der Waals surface area (Å²) < 4.78 is 0. The van der Waals surface area contributed by atoms with Gasteiger partial charge in [-0.05, 0) is 29.2 Å². The summed E-state index contributed by atoms with van der Waals surface area (Å²) in [5.74, 6) is -1.05. The first-order valence-electron chi connectivity index (χ1n) is 13.0. The van der Waals surface area contributed by atoms with E-state index in [9.17, 15) is 9.90 Å². The molecule has 2 rings (SSSR count). The highest BCUT2D eigenvalue weighted by Crippen LogP contribution is 2.24.